The largest absolute Gasteiger partial charge is 0.481 e. The van der Waals surface area contributed by atoms with Gasteiger partial charge in [-0.3, -0.25) is 9.59 Å². The first kappa shape index (κ1) is 76.6. The lowest BCUT2D eigenvalue weighted by atomic mass is 9.33. The number of hydrogen-bond acceptors (Lipinski definition) is 32. The third-order valence-electron chi connectivity index (χ3n) is 25.2. The fraction of sp³-hybridized carbons (Fsp3) is 0.938. The molecule has 0 unspecified atom stereocenters. The number of aliphatic carboxylic acids is 1. The van der Waals surface area contributed by atoms with Crippen molar-refractivity contribution in [2.45, 2.75) is 304 Å². The van der Waals surface area contributed by atoms with E-state index in [4.69, 9.17) is 56.8 Å². The Kier molecular flexibility index (Phi) is 22.2. The van der Waals surface area contributed by atoms with Gasteiger partial charge in [0.15, 0.2) is 37.6 Å². The number of hydrogen-bond donors (Lipinski definition) is 19. The average Bonchev–Trinajstić information content (AvgIpc) is 0.669. The van der Waals surface area contributed by atoms with E-state index in [1.807, 2.05) is 13.0 Å². The standard InChI is InChI=1S/C65H104O33/c1-23-34(70)39(75)44(80)53(88-23)95-49-35(71)24(2)89-57(50(49)96-54-47(83)42(78)48(25(3)90-54)94-52-43(79)38(74)31(21-87-52)93-55-45(81)40(76)36(72)29(19-66)91-55)98-59(86)64-14-13-60(4,5)17-27(64)26-9-10-32-61(6)18-28(69)51(97-56-46(82)41(77)37(73)30(20-67)92-56)63(8,58(84)85)33(61)11-12-62(32,7)65(26,22-68)16-15-64/h9,23-25,27-57,66-83H,10-22H2,1-8H3,(H,84,85)/t23-,24+,25-,27-,28-,29+,30+,31+,32+,33+,34-,35-,36-,37+,38-,39+,40-,41-,42-,43+,44+,45+,46+,47+,48-,49-,50+,51-,52-,53-,54-,55-,56-,57-,61+,62+,63-,64-,65-/m0/s1. The summed E-state index contributed by atoms with van der Waals surface area (Å²) in [6.07, 6.45) is -48.4. The van der Waals surface area contributed by atoms with E-state index in [-0.39, 0.29) is 38.7 Å². The van der Waals surface area contributed by atoms with E-state index >= 15 is 4.79 Å². The van der Waals surface area contributed by atoms with Gasteiger partial charge in [-0.2, -0.15) is 0 Å². The molecule has 98 heavy (non-hydrogen) atoms. The minimum Gasteiger partial charge on any atom is -0.481 e. The summed E-state index contributed by atoms with van der Waals surface area (Å²) >= 11 is 0. The molecule has 0 aromatic carbocycles. The second-order valence-corrected chi connectivity index (χ2v) is 31.2. The predicted molar refractivity (Wildman–Crippen MR) is 323 cm³/mol. The minimum atomic E-state index is -2.11. The van der Waals surface area contributed by atoms with Gasteiger partial charge in [-0.1, -0.05) is 39.3 Å². The Balaban J connectivity index is 0.857. The number of fused-ring (bicyclic) bond motifs is 7. The summed E-state index contributed by atoms with van der Waals surface area (Å²) in [4.78, 5) is 29.9. The molecule has 0 aromatic rings. The molecular weight excluding hydrogens is 1310 g/mol. The number of esters is 1. The highest BCUT2D eigenvalue weighted by molar-refractivity contribution is 5.79. The normalized spacial score (nSPS) is 55.0. The Bertz CT molecular complexity index is 2820. The maximum atomic E-state index is 16.0. The summed E-state index contributed by atoms with van der Waals surface area (Å²) < 4.78 is 72.2. The Labute approximate surface area is 565 Å². The van der Waals surface area contributed by atoms with Crippen LogP contribution in [-0.4, -0.2) is 326 Å². The van der Waals surface area contributed by atoms with Crippen LogP contribution in [0.4, 0.5) is 0 Å². The SMILES string of the molecule is C[C@@H]1O[C@@H](O[C@H]2[C@@H](O)[C@@H](C)O[C@@H](OC(=O)[C@]34CCC(C)(C)C[C@H]3C3=CC[C@@H]5[C@@]6(C)C[C@H](O)[C@H](O[C@@H]7O[C@H](CO)[C@@H](O)[C@H](O)[C@H]7O)[C@@](C)(C(=O)O)[C@@H]6CC[C@@]5(C)[C@]3(CO)CC4)[C@@H]2O[C@@H]2O[C@@H](C)[C@H](O[C@@H]3OC[C@@H](O[C@@H]4O[C@H](CO)[C@H](O)[C@H](O)[C@H]4O)[C@H](O)[C@H]3O)[C@@H](O)[C@H]2O)[C@H](O)[C@H](O)[C@H]1O. The lowest BCUT2D eigenvalue weighted by Gasteiger charge is -2.71. The number of carbonyl (C=O) groups excluding carboxylic acids is 1. The van der Waals surface area contributed by atoms with Crippen LogP contribution >= 0.6 is 0 Å². The molecule has 0 aromatic heterocycles. The number of ether oxygens (including phenoxy) is 12. The molecule has 0 bridgehead atoms. The molecule has 0 amide bonds. The number of rotatable bonds is 16. The Morgan fingerprint density at radius 2 is 1.01 bits per heavy atom. The highest BCUT2D eigenvalue weighted by atomic mass is 16.8. The van der Waals surface area contributed by atoms with E-state index in [1.54, 1.807) is 0 Å². The van der Waals surface area contributed by atoms with Crippen LogP contribution in [0.25, 0.3) is 0 Å². The summed E-state index contributed by atoms with van der Waals surface area (Å²) in [5.41, 5.74) is -5.64. The molecule has 5 aliphatic carbocycles. The zero-order valence-electron chi connectivity index (χ0n) is 56.1. The first-order valence-corrected chi connectivity index (χ1v) is 34.3. The highest BCUT2D eigenvalue weighted by Gasteiger charge is 2.74. The van der Waals surface area contributed by atoms with Gasteiger partial charge in [-0.05, 0) is 119 Å². The quantitative estimate of drug-likeness (QED) is 0.0389. The predicted octanol–water partition coefficient (Wildman–Crippen LogP) is -5.66. The molecule has 0 spiro atoms. The number of allylic oxidation sites excluding steroid dienone is 1. The second kappa shape index (κ2) is 28.4. The van der Waals surface area contributed by atoms with Crippen molar-refractivity contribution in [2.24, 2.45) is 50.2 Å². The molecule has 33 nitrogen and oxygen atoms in total. The van der Waals surface area contributed by atoms with Crippen LogP contribution in [-0.2, 0) is 66.4 Å². The molecule has 6 heterocycles. The lowest BCUT2D eigenvalue weighted by molar-refractivity contribution is -0.392. The van der Waals surface area contributed by atoms with Gasteiger partial charge in [0.2, 0.25) is 6.29 Å². The molecule has 19 N–H and O–H groups in total. The maximum absolute atomic E-state index is 16.0. The van der Waals surface area contributed by atoms with E-state index in [1.165, 1.54) is 27.7 Å². The molecule has 11 rings (SSSR count). The second-order valence-electron chi connectivity index (χ2n) is 31.2. The molecule has 562 valence electrons. The zero-order valence-corrected chi connectivity index (χ0v) is 56.1. The average molecular weight is 1410 g/mol. The monoisotopic (exact) mass is 1410 g/mol. The van der Waals surface area contributed by atoms with Crippen molar-refractivity contribution in [3.63, 3.8) is 0 Å². The first-order valence-electron chi connectivity index (χ1n) is 34.3. The smallest absolute Gasteiger partial charge is 0.315 e. The van der Waals surface area contributed by atoms with Crippen molar-refractivity contribution >= 4 is 11.9 Å². The summed E-state index contributed by atoms with van der Waals surface area (Å²) in [7, 11) is 0. The van der Waals surface area contributed by atoms with Gasteiger partial charge in [0.05, 0.1) is 61.7 Å². The molecular formula is C65H104O33. The molecule has 4 saturated carbocycles. The number of aliphatic hydroxyl groups is 18. The van der Waals surface area contributed by atoms with Gasteiger partial charge in [-0.15, -0.1) is 0 Å². The fourth-order valence-corrected chi connectivity index (χ4v) is 19.2. The van der Waals surface area contributed by atoms with E-state index in [9.17, 15) is 102 Å². The van der Waals surface area contributed by atoms with Crippen LogP contribution in [0.15, 0.2) is 11.6 Å². The third kappa shape index (κ3) is 12.7. The molecule has 6 saturated heterocycles. The van der Waals surface area contributed by atoms with Crippen molar-refractivity contribution < 1.29 is 163 Å². The van der Waals surface area contributed by atoms with Gasteiger partial charge < -0.3 is 154 Å². The van der Waals surface area contributed by atoms with Crippen molar-refractivity contribution in [1.29, 1.82) is 0 Å². The summed E-state index contributed by atoms with van der Waals surface area (Å²) in [6.45, 7) is 11.3. The zero-order chi connectivity index (χ0) is 71.7. The minimum absolute atomic E-state index is 0.00600. The van der Waals surface area contributed by atoms with Crippen molar-refractivity contribution in [3.8, 4) is 0 Å². The topological polar surface area (TPSA) is 529 Å². The van der Waals surface area contributed by atoms with E-state index in [0.29, 0.717) is 25.7 Å². The Morgan fingerprint density at radius 3 is 1.60 bits per heavy atom. The number of carboxylic acid groups (broad SMARTS) is 1. The third-order valence-corrected chi connectivity index (χ3v) is 25.2. The molecule has 0 radical (unpaired) electrons. The lowest BCUT2D eigenvalue weighted by Crippen LogP contribution is -2.71. The van der Waals surface area contributed by atoms with Crippen molar-refractivity contribution in [3.05, 3.63) is 11.6 Å². The van der Waals surface area contributed by atoms with Gasteiger partial charge >= 0.3 is 11.9 Å². The molecule has 6 aliphatic heterocycles. The summed E-state index contributed by atoms with van der Waals surface area (Å²) in [6, 6.07) is 0. The molecule has 39 atom stereocenters. The maximum Gasteiger partial charge on any atom is 0.315 e. The van der Waals surface area contributed by atoms with Gasteiger partial charge in [0.25, 0.3) is 0 Å². The number of carboxylic acids is 1. The van der Waals surface area contributed by atoms with E-state index in [0.717, 1.165) is 5.57 Å². The van der Waals surface area contributed by atoms with Gasteiger partial charge in [-0.25, -0.2) is 0 Å². The fourth-order valence-electron chi connectivity index (χ4n) is 19.2. The first-order chi connectivity index (χ1) is 45.9. The van der Waals surface area contributed by atoms with Crippen LogP contribution in [0.1, 0.15) is 113 Å². The highest BCUT2D eigenvalue weighted by Crippen LogP contribution is 2.76. The number of carbonyl (C=O) groups is 2. The van der Waals surface area contributed by atoms with E-state index in [2.05, 4.69) is 20.8 Å². The van der Waals surface area contributed by atoms with Crippen LogP contribution < -0.4 is 0 Å². The molecule has 10 fully saturated rings. The molecule has 33 heteroatoms. The Morgan fingerprint density at radius 1 is 0.500 bits per heavy atom. The number of aliphatic hydroxyl groups excluding tert-OH is 18. The van der Waals surface area contributed by atoms with Crippen LogP contribution in [0.3, 0.4) is 0 Å². The van der Waals surface area contributed by atoms with Gasteiger partial charge in [0.1, 0.15) is 122 Å². The summed E-state index contributed by atoms with van der Waals surface area (Å²) in [5.74, 6) is -3.82. The summed E-state index contributed by atoms with van der Waals surface area (Å²) in [5, 5.41) is 210. The van der Waals surface area contributed by atoms with Crippen molar-refractivity contribution in [1.82, 2.24) is 0 Å². The van der Waals surface area contributed by atoms with Gasteiger partial charge in [0, 0.05) is 5.41 Å². The van der Waals surface area contributed by atoms with Crippen LogP contribution in [0, 0.1) is 50.2 Å². The van der Waals surface area contributed by atoms with Crippen LogP contribution in [0.5, 0.6) is 0 Å². The van der Waals surface area contributed by atoms with Crippen molar-refractivity contribution in [2.75, 3.05) is 26.4 Å². The van der Waals surface area contributed by atoms with E-state index < -0.39 is 272 Å². The Hall–Kier alpha value is -2.48. The molecule has 11 aliphatic rings. The van der Waals surface area contributed by atoms with Crippen LogP contribution in [0.2, 0.25) is 0 Å².